The monoisotopic (exact) mass is 667 g/mol. The van der Waals surface area contributed by atoms with Gasteiger partial charge < -0.3 is 29.6 Å². The number of hydrogen-bond acceptors (Lipinski definition) is 11. The summed E-state index contributed by atoms with van der Waals surface area (Å²) >= 11 is 0. The van der Waals surface area contributed by atoms with Crippen LogP contribution in [0.1, 0.15) is 56.6 Å². The van der Waals surface area contributed by atoms with E-state index in [1.54, 1.807) is 19.1 Å². The van der Waals surface area contributed by atoms with Gasteiger partial charge in [0, 0.05) is 36.7 Å². The number of fused-ring (bicyclic) bond motifs is 3. The van der Waals surface area contributed by atoms with E-state index >= 15 is 0 Å². The van der Waals surface area contributed by atoms with Crippen molar-refractivity contribution < 1.29 is 52.4 Å². The average molecular weight is 668 g/mol. The molecule has 0 spiro atoms. The summed E-state index contributed by atoms with van der Waals surface area (Å²) in [5.74, 6) is 5.46. The number of aryl methyl sites for hydroxylation is 1. The molecule has 1 aromatic heterocycles. The van der Waals surface area contributed by atoms with E-state index < -0.39 is 38.9 Å². The highest BCUT2D eigenvalue weighted by atomic mass is 32.2. The number of aromatic nitrogens is 2. The number of carbonyl (C=O) groups is 1. The minimum absolute atomic E-state index is 0.0102. The van der Waals surface area contributed by atoms with Crippen LogP contribution in [0.2, 0.25) is 0 Å². The van der Waals surface area contributed by atoms with Gasteiger partial charge >= 0.3 is 16.9 Å². The summed E-state index contributed by atoms with van der Waals surface area (Å²) in [6.07, 6.45) is 4.54. The molecule has 250 valence electrons. The van der Waals surface area contributed by atoms with E-state index in [2.05, 4.69) is 21.6 Å². The van der Waals surface area contributed by atoms with Crippen molar-refractivity contribution in [2.45, 2.75) is 80.1 Å². The van der Waals surface area contributed by atoms with Crippen LogP contribution >= 0.6 is 0 Å². The molecule has 6 atom stereocenters. The number of sulfone groups is 1. The molecule has 1 unspecified atom stereocenters. The fourth-order valence-electron chi connectivity index (χ4n) is 6.02. The van der Waals surface area contributed by atoms with Crippen molar-refractivity contribution in [3.05, 3.63) is 71.8 Å². The number of aliphatic hydroxyl groups is 2. The molecule has 1 fully saturated rings. The molecule has 0 saturated heterocycles. The van der Waals surface area contributed by atoms with E-state index in [0.717, 1.165) is 16.9 Å². The predicted molar refractivity (Wildman–Crippen MR) is 165 cm³/mol. The first-order valence-corrected chi connectivity index (χ1v) is 17.0. The van der Waals surface area contributed by atoms with Crippen LogP contribution in [0.5, 0.6) is 11.6 Å². The maximum atomic E-state index is 12.9. The number of esters is 1. The zero-order valence-electron chi connectivity index (χ0n) is 26.2. The molecule has 3 N–H and O–H groups in total. The van der Waals surface area contributed by atoms with Gasteiger partial charge in [0.2, 0.25) is 5.16 Å². The molecule has 5 rings (SSSR count). The van der Waals surface area contributed by atoms with Gasteiger partial charge in [0.25, 0.3) is 9.84 Å². The van der Waals surface area contributed by atoms with E-state index in [0.29, 0.717) is 25.7 Å². The van der Waals surface area contributed by atoms with Crippen molar-refractivity contribution in [1.82, 2.24) is 5.16 Å². The Hall–Kier alpha value is -4.38. The van der Waals surface area contributed by atoms with Gasteiger partial charge in [0.1, 0.15) is 25.1 Å². The van der Waals surface area contributed by atoms with Crippen LogP contribution in [-0.2, 0) is 25.8 Å². The van der Waals surface area contributed by atoms with Crippen LogP contribution in [0.25, 0.3) is 0 Å². The Morgan fingerprint density at radius 2 is 1.98 bits per heavy atom. The van der Waals surface area contributed by atoms with Gasteiger partial charge in [0.05, 0.1) is 17.1 Å². The summed E-state index contributed by atoms with van der Waals surface area (Å²) in [5, 5.41) is 34.0. The van der Waals surface area contributed by atoms with Gasteiger partial charge in [-0.05, 0) is 48.0 Å². The Balaban J connectivity index is 1.11. The third-order valence-electron chi connectivity index (χ3n) is 8.48. The third kappa shape index (κ3) is 7.62. The van der Waals surface area contributed by atoms with Gasteiger partial charge in [-0.3, -0.25) is 4.79 Å². The van der Waals surface area contributed by atoms with Gasteiger partial charge in [0.15, 0.2) is 4.90 Å². The molecule has 47 heavy (non-hydrogen) atoms. The Kier molecular flexibility index (Phi) is 10.9. The Bertz CT molecular complexity index is 1740. The topological polar surface area (TPSA) is 169 Å². The number of hydrogen-bond donors (Lipinski definition) is 3. The van der Waals surface area contributed by atoms with Crippen LogP contribution in [0.3, 0.4) is 0 Å². The first-order chi connectivity index (χ1) is 22.6. The molecule has 2 aromatic carbocycles. The van der Waals surface area contributed by atoms with Crippen molar-refractivity contribution in [2.75, 3.05) is 13.2 Å². The van der Waals surface area contributed by atoms with Crippen molar-refractivity contribution in [3.63, 3.8) is 0 Å². The van der Waals surface area contributed by atoms with Gasteiger partial charge in [-0.1, -0.05) is 55.5 Å². The summed E-state index contributed by atoms with van der Waals surface area (Å²) < 4.78 is 47.3. The summed E-state index contributed by atoms with van der Waals surface area (Å²) in [4.78, 5) is 12.3. The number of nitrogens with zero attached hydrogens (tertiary/aromatic N) is 2. The molecule has 0 radical (unpaired) electrons. The van der Waals surface area contributed by atoms with Crippen molar-refractivity contribution in [1.29, 1.82) is 0 Å². The average Bonchev–Trinajstić information content (AvgIpc) is 3.72. The summed E-state index contributed by atoms with van der Waals surface area (Å²) in [6, 6.07) is 13.4. The Labute approximate surface area is 273 Å². The zero-order valence-corrected chi connectivity index (χ0v) is 27.0. The molecule has 12 nitrogen and oxygen atoms in total. The van der Waals surface area contributed by atoms with Crippen molar-refractivity contribution in [3.8, 4) is 23.5 Å². The maximum Gasteiger partial charge on any atom is 0.445 e. The van der Waals surface area contributed by atoms with Crippen molar-refractivity contribution >= 4 is 15.8 Å². The zero-order chi connectivity index (χ0) is 33.6. The highest BCUT2D eigenvalue weighted by Crippen LogP contribution is 2.52. The second-order valence-electron chi connectivity index (χ2n) is 11.7. The lowest BCUT2D eigenvalue weighted by atomic mass is 9.86. The standard InChI is InChI=1S/C34H39N2O10S/c1-3-4-10-22(2)27(37)18-17-25-28(38)21-29-31(25)26-15-8-11-23(32(26)45-29)12-9-16-30(39)43-19-20-44-33-34(36(40)46-35-33)47(41,42)24-13-6-5-7-14-24/h5-8,11,13-15,17-18,22,25,27-29,31,37-38,40H,9-10,12,16,19-21H2,1-2H3/q+1/b18-17+/t22?,25-,27+,28+,29-,31-/m1/s1. The first kappa shape index (κ1) is 34.0. The molecule has 2 aliphatic rings. The smallest absolute Gasteiger partial charge is 0.445 e. The van der Waals surface area contributed by atoms with E-state index in [4.69, 9.17) is 14.2 Å². The molecule has 2 heterocycles. The predicted octanol–water partition coefficient (Wildman–Crippen LogP) is 3.17. The molecular weight excluding hydrogens is 628 g/mol. The number of carbonyl (C=O) groups excluding carboxylic acids is 1. The Morgan fingerprint density at radius 3 is 2.74 bits per heavy atom. The molecular formula is C34H39N2O10S+. The summed E-state index contributed by atoms with van der Waals surface area (Å²) in [5.41, 5.74) is 1.98. The summed E-state index contributed by atoms with van der Waals surface area (Å²) in [6.45, 7) is 3.32. The van der Waals surface area contributed by atoms with Crippen LogP contribution < -0.4 is 14.4 Å². The molecule has 0 bridgehead atoms. The molecule has 1 saturated carbocycles. The molecule has 3 aromatic rings. The fourth-order valence-corrected chi connectivity index (χ4v) is 7.32. The highest BCUT2D eigenvalue weighted by molar-refractivity contribution is 7.91. The molecule has 13 heteroatoms. The van der Waals surface area contributed by atoms with Crippen LogP contribution in [-0.4, -0.2) is 66.5 Å². The number of benzene rings is 2. The minimum atomic E-state index is -4.19. The number of aliphatic hydroxyl groups excluding tert-OH is 2. The largest absolute Gasteiger partial charge is 0.489 e. The Morgan fingerprint density at radius 1 is 1.19 bits per heavy atom. The summed E-state index contributed by atoms with van der Waals surface area (Å²) in [7, 11) is -4.19. The lowest BCUT2D eigenvalue weighted by molar-refractivity contribution is -1.06. The molecule has 1 aliphatic carbocycles. The van der Waals surface area contributed by atoms with Crippen LogP contribution in [0.15, 0.2) is 75.2 Å². The SMILES string of the molecule is CC#CCC(C)[C@@H](O)/C=C/[C@H]1[C@@H]2c3cccc(CCCC(=O)OCCOc4no[n+](O)c4S(=O)(=O)c4ccccc4)c3O[C@@H]2C[C@@H]1O. The van der Waals surface area contributed by atoms with Crippen LogP contribution in [0.4, 0.5) is 0 Å². The quantitative estimate of drug-likeness (QED) is 0.0759. The minimum Gasteiger partial charge on any atom is -0.489 e. The van der Waals surface area contributed by atoms with E-state index in [9.17, 15) is 28.6 Å². The van der Waals surface area contributed by atoms with E-state index in [1.165, 1.54) is 24.3 Å². The van der Waals surface area contributed by atoms with Crippen molar-refractivity contribution in [2.24, 2.45) is 11.8 Å². The van der Waals surface area contributed by atoms with Gasteiger partial charge in [-0.15, -0.1) is 11.8 Å². The second kappa shape index (κ2) is 15.0. The normalized spacial score (nSPS) is 21.3. The number of ether oxygens (including phenoxy) is 3. The van der Waals surface area contributed by atoms with E-state index in [1.807, 2.05) is 31.2 Å². The van der Waals surface area contributed by atoms with Crippen LogP contribution in [0, 0.1) is 23.7 Å². The molecule has 1 aliphatic heterocycles. The fraction of sp³-hybridized carbons (Fsp3) is 0.441. The lowest BCUT2D eigenvalue weighted by Gasteiger charge is -2.19. The number of para-hydroxylation sites is 1. The van der Waals surface area contributed by atoms with Gasteiger partial charge in [-0.2, -0.15) is 0 Å². The highest BCUT2D eigenvalue weighted by Gasteiger charge is 2.49. The second-order valence-corrected chi connectivity index (χ2v) is 13.5. The third-order valence-corrected chi connectivity index (χ3v) is 10.2. The number of rotatable bonds is 14. The van der Waals surface area contributed by atoms with E-state index in [-0.39, 0.29) is 53.3 Å². The van der Waals surface area contributed by atoms with Gasteiger partial charge in [-0.25, -0.2) is 8.42 Å². The maximum absolute atomic E-state index is 12.9. The first-order valence-electron chi connectivity index (χ1n) is 15.5. The lowest BCUT2D eigenvalue weighted by Crippen LogP contribution is -2.34. The molecule has 0 amide bonds.